The number of carbonyl (C=O) groups is 1. The van der Waals surface area contributed by atoms with Crippen molar-refractivity contribution < 1.29 is 9.18 Å². The van der Waals surface area contributed by atoms with Crippen molar-refractivity contribution in [3.05, 3.63) is 35.6 Å². The lowest BCUT2D eigenvalue weighted by Crippen LogP contribution is -2.47. The molecule has 2 aliphatic rings. The van der Waals surface area contributed by atoms with E-state index < -0.39 is 5.54 Å². The first-order valence-electron chi connectivity index (χ1n) is 8.15. The van der Waals surface area contributed by atoms with Crippen LogP contribution in [-0.2, 0) is 4.79 Å². The zero-order valence-electron chi connectivity index (χ0n) is 13.6. The van der Waals surface area contributed by atoms with Crippen molar-refractivity contribution in [2.75, 3.05) is 14.1 Å². The van der Waals surface area contributed by atoms with Crippen molar-refractivity contribution in [3.8, 4) is 0 Å². The molecule has 1 aliphatic heterocycles. The quantitative estimate of drug-likeness (QED) is 0.931. The summed E-state index contributed by atoms with van der Waals surface area (Å²) >= 11 is 0. The molecule has 120 valence electrons. The van der Waals surface area contributed by atoms with Gasteiger partial charge in [0, 0.05) is 6.04 Å². The average Bonchev–Trinajstić information content (AvgIpc) is 3.06. The molecule has 1 saturated heterocycles. The van der Waals surface area contributed by atoms with E-state index in [4.69, 9.17) is 0 Å². The molecule has 1 saturated carbocycles. The van der Waals surface area contributed by atoms with Gasteiger partial charge in [-0.25, -0.2) is 4.39 Å². The average molecular weight is 304 g/mol. The molecule has 1 amide bonds. The minimum atomic E-state index is -0.416. The normalized spacial score (nSPS) is 35.1. The standard InChI is InChI=1S/C18H25FN2O/c1-18(21(2)3)11-16(20-17(18)22)15-6-4-5-14(15)12-7-9-13(19)10-8-12/h7-10,14-16H,4-6,11H2,1-3H3,(H,20,22)/t14?,15?,16-,18-/m1/s1. The van der Waals surface area contributed by atoms with Crippen LogP contribution in [0.2, 0.25) is 0 Å². The van der Waals surface area contributed by atoms with Gasteiger partial charge >= 0.3 is 0 Å². The van der Waals surface area contributed by atoms with Gasteiger partial charge in [0.25, 0.3) is 0 Å². The van der Waals surface area contributed by atoms with E-state index in [0.29, 0.717) is 11.8 Å². The molecule has 1 N–H and O–H groups in total. The Bertz CT molecular complexity index is 557. The van der Waals surface area contributed by atoms with Crippen molar-refractivity contribution in [1.82, 2.24) is 10.2 Å². The minimum Gasteiger partial charge on any atom is -0.351 e. The number of nitrogens with zero attached hydrogens (tertiary/aromatic N) is 1. The molecule has 3 nitrogen and oxygen atoms in total. The first-order chi connectivity index (χ1) is 10.4. The van der Waals surface area contributed by atoms with E-state index >= 15 is 0 Å². The Balaban J connectivity index is 1.80. The van der Waals surface area contributed by atoms with E-state index in [2.05, 4.69) is 5.32 Å². The van der Waals surface area contributed by atoms with Gasteiger partial charge in [-0.05, 0) is 69.8 Å². The minimum absolute atomic E-state index is 0.132. The summed E-state index contributed by atoms with van der Waals surface area (Å²) in [5.74, 6) is 0.825. The number of benzene rings is 1. The van der Waals surface area contributed by atoms with Crippen molar-refractivity contribution in [2.45, 2.75) is 50.1 Å². The fraction of sp³-hybridized carbons (Fsp3) is 0.611. The number of halogens is 1. The lowest BCUT2D eigenvalue weighted by atomic mass is 9.81. The van der Waals surface area contributed by atoms with Gasteiger partial charge in [0.05, 0.1) is 5.54 Å². The van der Waals surface area contributed by atoms with Gasteiger partial charge in [0.2, 0.25) is 5.91 Å². The van der Waals surface area contributed by atoms with Crippen molar-refractivity contribution in [1.29, 1.82) is 0 Å². The Kier molecular flexibility index (Phi) is 3.98. The van der Waals surface area contributed by atoms with E-state index in [0.717, 1.165) is 19.3 Å². The Hall–Kier alpha value is -1.42. The largest absolute Gasteiger partial charge is 0.351 e. The van der Waals surface area contributed by atoms with E-state index in [1.165, 1.54) is 12.0 Å². The molecule has 0 radical (unpaired) electrons. The van der Waals surface area contributed by atoms with E-state index in [9.17, 15) is 9.18 Å². The predicted octanol–water partition coefficient (Wildman–Crippen LogP) is 2.92. The molecule has 1 aromatic rings. The van der Waals surface area contributed by atoms with Gasteiger partial charge < -0.3 is 5.32 Å². The lowest BCUT2D eigenvalue weighted by Gasteiger charge is -2.30. The number of rotatable bonds is 3. The Morgan fingerprint density at radius 3 is 2.50 bits per heavy atom. The third-order valence-electron chi connectivity index (χ3n) is 5.79. The van der Waals surface area contributed by atoms with Crippen LogP contribution in [0.1, 0.15) is 44.1 Å². The second-order valence-corrected chi connectivity index (χ2v) is 7.21. The summed E-state index contributed by atoms with van der Waals surface area (Å²) in [5.41, 5.74) is 0.789. The molecule has 1 aliphatic carbocycles. The fourth-order valence-corrected chi connectivity index (χ4v) is 4.13. The molecule has 3 rings (SSSR count). The molecule has 0 spiro atoms. The molecule has 4 atom stereocenters. The van der Waals surface area contributed by atoms with Gasteiger partial charge in [-0.15, -0.1) is 0 Å². The van der Waals surface area contributed by atoms with Gasteiger partial charge in [-0.1, -0.05) is 18.6 Å². The van der Waals surface area contributed by atoms with E-state index in [1.54, 1.807) is 12.1 Å². The van der Waals surface area contributed by atoms with Crippen LogP contribution in [0.5, 0.6) is 0 Å². The Labute approximate surface area is 131 Å². The topological polar surface area (TPSA) is 32.3 Å². The molecule has 2 fully saturated rings. The molecule has 0 aromatic heterocycles. The summed E-state index contributed by atoms with van der Waals surface area (Å²) in [6.45, 7) is 2.02. The van der Waals surface area contributed by atoms with Crippen LogP contribution >= 0.6 is 0 Å². The molecule has 0 bridgehead atoms. The number of nitrogens with one attached hydrogen (secondary N) is 1. The highest BCUT2D eigenvalue weighted by atomic mass is 19.1. The number of amides is 1. The summed E-state index contributed by atoms with van der Waals surface area (Å²) < 4.78 is 13.2. The predicted molar refractivity (Wildman–Crippen MR) is 85.1 cm³/mol. The fourth-order valence-electron chi connectivity index (χ4n) is 4.13. The summed E-state index contributed by atoms with van der Waals surface area (Å²) in [5, 5.41) is 3.22. The van der Waals surface area contributed by atoms with Crippen molar-refractivity contribution in [3.63, 3.8) is 0 Å². The first kappa shape index (κ1) is 15.5. The number of hydrogen-bond acceptors (Lipinski definition) is 2. The van der Waals surface area contributed by atoms with Crippen LogP contribution in [0.3, 0.4) is 0 Å². The second kappa shape index (κ2) is 5.65. The highest BCUT2D eigenvalue weighted by molar-refractivity contribution is 5.88. The van der Waals surface area contributed by atoms with E-state index in [1.807, 2.05) is 38.1 Å². The van der Waals surface area contributed by atoms with Crippen molar-refractivity contribution >= 4 is 5.91 Å². The van der Waals surface area contributed by atoms with E-state index in [-0.39, 0.29) is 17.8 Å². The molecule has 1 aromatic carbocycles. The number of hydrogen-bond donors (Lipinski definition) is 1. The monoisotopic (exact) mass is 304 g/mol. The second-order valence-electron chi connectivity index (χ2n) is 7.21. The van der Waals surface area contributed by atoms with Gasteiger partial charge in [-0.3, -0.25) is 9.69 Å². The Morgan fingerprint density at radius 1 is 1.23 bits per heavy atom. The summed E-state index contributed by atoms with van der Waals surface area (Å²) in [6, 6.07) is 7.11. The maximum absolute atomic E-state index is 13.2. The summed E-state index contributed by atoms with van der Waals surface area (Å²) in [7, 11) is 3.93. The van der Waals surface area contributed by atoms with Crippen LogP contribution in [0, 0.1) is 11.7 Å². The zero-order chi connectivity index (χ0) is 15.9. The molecule has 2 unspecified atom stereocenters. The van der Waals surface area contributed by atoms with Gasteiger partial charge in [0.15, 0.2) is 0 Å². The molecule has 22 heavy (non-hydrogen) atoms. The van der Waals surface area contributed by atoms with Crippen LogP contribution in [0.25, 0.3) is 0 Å². The van der Waals surface area contributed by atoms with Crippen LogP contribution in [-0.4, -0.2) is 36.5 Å². The van der Waals surface area contributed by atoms with Crippen molar-refractivity contribution in [2.24, 2.45) is 5.92 Å². The maximum atomic E-state index is 13.2. The molecule has 1 heterocycles. The third-order valence-corrected chi connectivity index (χ3v) is 5.79. The van der Waals surface area contributed by atoms with Crippen LogP contribution in [0.4, 0.5) is 4.39 Å². The van der Waals surface area contributed by atoms with Crippen LogP contribution in [0.15, 0.2) is 24.3 Å². The molecular formula is C18H25FN2O. The summed E-state index contributed by atoms with van der Waals surface area (Å²) in [4.78, 5) is 14.4. The highest BCUT2D eigenvalue weighted by Crippen LogP contribution is 2.45. The Morgan fingerprint density at radius 2 is 1.91 bits per heavy atom. The SMILES string of the molecule is CN(C)[C@]1(C)C[C@H](C2CCCC2c2ccc(F)cc2)NC1=O. The highest BCUT2D eigenvalue weighted by Gasteiger charge is 2.49. The lowest BCUT2D eigenvalue weighted by molar-refractivity contribution is -0.127. The van der Waals surface area contributed by atoms with Gasteiger partial charge in [-0.2, -0.15) is 0 Å². The molecular weight excluding hydrogens is 279 g/mol. The third kappa shape index (κ3) is 2.54. The number of likely N-dealkylation sites (N-methyl/N-ethyl adjacent to an activating group) is 1. The first-order valence-corrected chi connectivity index (χ1v) is 8.15. The maximum Gasteiger partial charge on any atom is 0.240 e. The van der Waals surface area contributed by atoms with Gasteiger partial charge in [0.1, 0.15) is 5.82 Å². The number of carbonyl (C=O) groups excluding carboxylic acids is 1. The zero-order valence-corrected chi connectivity index (χ0v) is 13.6. The smallest absolute Gasteiger partial charge is 0.240 e. The van der Waals surface area contributed by atoms with Crippen LogP contribution < -0.4 is 5.32 Å². The summed E-state index contributed by atoms with van der Waals surface area (Å²) in [6.07, 6.45) is 4.29. The molecule has 4 heteroatoms.